The summed E-state index contributed by atoms with van der Waals surface area (Å²) in [7, 11) is -3.60. The Kier molecular flexibility index (Phi) is 7.27. The van der Waals surface area contributed by atoms with Crippen LogP contribution in [0.1, 0.15) is 37.0 Å². The van der Waals surface area contributed by atoms with E-state index in [0.29, 0.717) is 31.1 Å². The molecule has 1 saturated heterocycles. The van der Waals surface area contributed by atoms with Gasteiger partial charge in [0.05, 0.1) is 17.1 Å². The number of nitrogens with one attached hydrogen (secondary N) is 1. The quantitative estimate of drug-likeness (QED) is 0.727. The third-order valence-corrected chi connectivity index (χ3v) is 6.75. The number of carbonyl (C=O) groups is 1. The Morgan fingerprint density at radius 1 is 1.22 bits per heavy atom. The van der Waals surface area contributed by atoms with Crippen LogP contribution in [0.4, 0.5) is 0 Å². The van der Waals surface area contributed by atoms with Crippen molar-refractivity contribution in [2.45, 2.75) is 49.8 Å². The Labute approximate surface area is 167 Å². The van der Waals surface area contributed by atoms with E-state index < -0.39 is 10.0 Å². The molecule has 3 rings (SSSR count). The fraction of sp³-hybridized carbons (Fsp3) is 0.611. The third-order valence-electron chi connectivity index (χ3n) is 4.90. The van der Waals surface area contributed by atoms with E-state index in [2.05, 4.69) is 5.32 Å². The zero-order valence-corrected chi connectivity index (χ0v) is 17.3. The zero-order chi connectivity index (χ0) is 18.9. The average molecular weight is 418 g/mol. The number of nitrogens with two attached hydrogens (primary N) is 1. The summed E-state index contributed by atoms with van der Waals surface area (Å²) in [6.45, 7) is 4.79. The van der Waals surface area contributed by atoms with Gasteiger partial charge in [-0.2, -0.15) is 4.31 Å². The van der Waals surface area contributed by atoms with Crippen molar-refractivity contribution in [2.75, 3.05) is 19.6 Å². The van der Waals surface area contributed by atoms with E-state index in [9.17, 15) is 13.2 Å². The lowest BCUT2D eigenvalue weighted by molar-refractivity contribution is -0.0440. The number of sulfonamides is 1. The first-order chi connectivity index (χ1) is 12.3. The lowest BCUT2D eigenvalue weighted by Crippen LogP contribution is -2.48. The van der Waals surface area contributed by atoms with E-state index in [1.807, 2.05) is 13.8 Å². The predicted molar refractivity (Wildman–Crippen MR) is 105 cm³/mol. The summed E-state index contributed by atoms with van der Waals surface area (Å²) in [5.74, 6) is 0.249. The maximum Gasteiger partial charge on any atom is 0.251 e. The molecule has 3 unspecified atom stereocenters. The maximum atomic E-state index is 12.8. The monoisotopic (exact) mass is 417 g/mol. The van der Waals surface area contributed by atoms with Gasteiger partial charge in [-0.15, -0.1) is 12.4 Å². The number of nitrogens with zero attached hydrogens (tertiary/aromatic N) is 1. The van der Waals surface area contributed by atoms with Gasteiger partial charge in [0.25, 0.3) is 5.91 Å². The third kappa shape index (κ3) is 5.20. The molecule has 152 valence electrons. The smallest absolute Gasteiger partial charge is 0.251 e. The first-order valence-electron chi connectivity index (χ1n) is 9.08. The first kappa shape index (κ1) is 22.1. The molecule has 3 N–H and O–H groups in total. The standard InChI is InChI=1S/C18H27N3O4S.ClH/c1-12-10-21(11-13(2)25-12)26(23,24)16-7-5-15(6-8-16)18(22)20-17(9-19)14-3-4-14;/h5-8,12-14,17H,3-4,9-11,19H2,1-2H3,(H,20,22);1H. The minimum atomic E-state index is -3.60. The van der Waals surface area contributed by atoms with Gasteiger partial charge < -0.3 is 15.8 Å². The Morgan fingerprint density at radius 2 is 1.78 bits per heavy atom. The summed E-state index contributed by atoms with van der Waals surface area (Å²) in [5, 5.41) is 2.94. The molecule has 1 saturated carbocycles. The number of halogens is 1. The minimum Gasteiger partial charge on any atom is -0.373 e. The summed E-state index contributed by atoms with van der Waals surface area (Å²) in [6, 6.07) is 6.07. The van der Waals surface area contributed by atoms with Crippen molar-refractivity contribution in [3.05, 3.63) is 29.8 Å². The van der Waals surface area contributed by atoms with Gasteiger partial charge in [0, 0.05) is 31.2 Å². The van der Waals surface area contributed by atoms with Crippen molar-refractivity contribution in [2.24, 2.45) is 11.7 Å². The molecule has 0 aromatic heterocycles. The molecule has 1 aliphatic carbocycles. The summed E-state index contributed by atoms with van der Waals surface area (Å²) in [4.78, 5) is 12.5. The molecule has 1 aromatic carbocycles. The van der Waals surface area contributed by atoms with Gasteiger partial charge in [-0.3, -0.25) is 4.79 Å². The van der Waals surface area contributed by atoms with Gasteiger partial charge in [-0.1, -0.05) is 0 Å². The largest absolute Gasteiger partial charge is 0.373 e. The molecule has 0 spiro atoms. The number of hydrogen-bond acceptors (Lipinski definition) is 5. The van der Waals surface area contributed by atoms with Crippen LogP contribution in [0.3, 0.4) is 0 Å². The molecule has 1 amide bonds. The molecule has 2 fully saturated rings. The fourth-order valence-corrected chi connectivity index (χ4v) is 4.96. The van der Waals surface area contributed by atoms with Crippen LogP contribution in [0, 0.1) is 5.92 Å². The predicted octanol–water partition coefficient (Wildman–Crippen LogP) is 1.37. The molecule has 7 nitrogen and oxygen atoms in total. The van der Waals surface area contributed by atoms with Gasteiger partial charge in [0.2, 0.25) is 10.0 Å². The number of carbonyl (C=O) groups excluding carboxylic acids is 1. The van der Waals surface area contributed by atoms with Gasteiger partial charge in [0.15, 0.2) is 0 Å². The molecule has 1 aliphatic heterocycles. The van der Waals surface area contributed by atoms with Gasteiger partial charge >= 0.3 is 0 Å². The molecule has 1 aromatic rings. The zero-order valence-electron chi connectivity index (χ0n) is 15.6. The Morgan fingerprint density at radius 3 is 2.26 bits per heavy atom. The highest BCUT2D eigenvalue weighted by Gasteiger charge is 2.33. The highest BCUT2D eigenvalue weighted by Crippen LogP contribution is 2.32. The Hall–Kier alpha value is -1.19. The first-order valence-corrected chi connectivity index (χ1v) is 10.5. The number of rotatable bonds is 6. The second-order valence-electron chi connectivity index (χ2n) is 7.26. The summed E-state index contributed by atoms with van der Waals surface area (Å²) in [6.07, 6.45) is 1.90. The Bertz CT molecular complexity index is 742. The molecule has 0 bridgehead atoms. The molecule has 9 heteroatoms. The SMILES string of the molecule is CC1CN(S(=O)(=O)c2ccc(C(=O)NC(CN)C3CC3)cc2)CC(C)O1.Cl. The van der Waals surface area contributed by atoms with Crippen LogP contribution < -0.4 is 11.1 Å². The van der Waals surface area contributed by atoms with Crippen LogP contribution in [-0.2, 0) is 14.8 Å². The van der Waals surface area contributed by atoms with Gasteiger partial charge in [-0.25, -0.2) is 8.42 Å². The second kappa shape index (κ2) is 8.87. The molecule has 2 aliphatic rings. The van der Waals surface area contributed by atoms with E-state index in [4.69, 9.17) is 10.5 Å². The lowest BCUT2D eigenvalue weighted by Gasteiger charge is -2.34. The van der Waals surface area contributed by atoms with Crippen molar-refractivity contribution in [3.63, 3.8) is 0 Å². The van der Waals surface area contributed by atoms with Crippen molar-refractivity contribution < 1.29 is 17.9 Å². The van der Waals surface area contributed by atoms with Crippen LogP contribution in [0.5, 0.6) is 0 Å². The highest BCUT2D eigenvalue weighted by molar-refractivity contribution is 7.89. The summed E-state index contributed by atoms with van der Waals surface area (Å²) in [5.41, 5.74) is 6.15. The van der Waals surface area contributed by atoms with Gasteiger partial charge in [0.1, 0.15) is 0 Å². The minimum absolute atomic E-state index is 0. The second-order valence-corrected chi connectivity index (χ2v) is 9.19. The van der Waals surface area contributed by atoms with E-state index in [1.54, 1.807) is 12.1 Å². The highest BCUT2D eigenvalue weighted by atomic mass is 35.5. The van der Waals surface area contributed by atoms with E-state index in [1.165, 1.54) is 16.4 Å². The molecular weight excluding hydrogens is 390 g/mol. The maximum absolute atomic E-state index is 12.8. The van der Waals surface area contributed by atoms with Gasteiger partial charge in [-0.05, 0) is 56.9 Å². The van der Waals surface area contributed by atoms with Crippen LogP contribution >= 0.6 is 12.4 Å². The topological polar surface area (TPSA) is 102 Å². The molecule has 0 radical (unpaired) electrons. The molecule has 3 atom stereocenters. The Balaban J connectivity index is 0.00000261. The average Bonchev–Trinajstić information content (AvgIpc) is 3.43. The van der Waals surface area contributed by atoms with E-state index >= 15 is 0 Å². The van der Waals surface area contributed by atoms with Crippen LogP contribution in [0.2, 0.25) is 0 Å². The number of morpholine rings is 1. The van der Waals surface area contributed by atoms with Crippen LogP contribution in [-0.4, -0.2) is 56.5 Å². The van der Waals surface area contributed by atoms with Crippen molar-refractivity contribution in [1.82, 2.24) is 9.62 Å². The van der Waals surface area contributed by atoms with E-state index in [0.717, 1.165) is 12.8 Å². The van der Waals surface area contributed by atoms with Crippen LogP contribution in [0.25, 0.3) is 0 Å². The normalized spacial score (nSPS) is 24.7. The van der Waals surface area contributed by atoms with Crippen molar-refractivity contribution >= 4 is 28.3 Å². The number of benzene rings is 1. The summed E-state index contributed by atoms with van der Waals surface area (Å²) >= 11 is 0. The van der Waals surface area contributed by atoms with Crippen LogP contribution in [0.15, 0.2) is 29.2 Å². The summed E-state index contributed by atoms with van der Waals surface area (Å²) < 4.78 is 32.7. The number of ether oxygens (including phenoxy) is 1. The van der Waals surface area contributed by atoms with E-state index in [-0.39, 0.29) is 41.5 Å². The number of amides is 1. The van der Waals surface area contributed by atoms with Crippen molar-refractivity contribution in [1.29, 1.82) is 0 Å². The van der Waals surface area contributed by atoms with Crippen molar-refractivity contribution in [3.8, 4) is 0 Å². The number of hydrogen-bond donors (Lipinski definition) is 2. The fourth-order valence-electron chi connectivity index (χ4n) is 3.37. The lowest BCUT2D eigenvalue weighted by atomic mass is 10.1. The molecule has 1 heterocycles. The molecular formula is C18H28ClN3O4S. The molecule has 27 heavy (non-hydrogen) atoms.